The van der Waals surface area contributed by atoms with Crippen LogP contribution in [0.4, 0.5) is 8.78 Å². The molecular formula is C9H13F2NO3. The van der Waals surface area contributed by atoms with Gasteiger partial charge in [0.1, 0.15) is 0 Å². The fraction of sp³-hybridized carbons (Fsp3) is 0.778. The van der Waals surface area contributed by atoms with Gasteiger partial charge in [-0.2, -0.15) is 0 Å². The zero-order valence-corrected chi connectivity index (χ0v) is 8.37. The number of likely N-dealkylation sites (tertiary alicyclic amines) is 1. The zero-order chi connectivity index (χ0) is 11.6. The van der Waals surface area contributed by atoms with E-state index < -0.39 is 30.3 Å². The Hall–Kier alpha value is -1.20. The first-order chi connectivity index (χ1) is 6.82. The first kappa shape index (κ1) is 11.9. The van der Waals surface area contributed by atoms with Gasteiger partial charge < -0.3 is 10.0 Å². The van der Waals surface area contributed by atoms with E-state index in [0.29, 0.717) is 0 Å². The molecule has 1 rings (SSSR count). The van der Waals surface area contributed by atoms with Gasteiger partial charge in [-0.05, 0) is 0 Å². The Balaban J connectivity index is 2.51. The third kappa shape index (κ3) is 3.14. The number of rotatable bonds is 3. The van der Waals surface area contributed by atoms with Gasteiger partial charge in [0, 0.05) is 18.9 Å². The second kappa shape index (κ2) is 4.12. The lowest BCUT2D eigenvalue weighted by molar-refractivity contribution is -0.144. The summed E-state index contributed by atoms with van der Waals surface area (Å²) in [5.74, 6) is -5.16. The average Bonchev–Trinajstić information content (AvgIpc) is 2.43. The first-order valence-corrected chi connectivity index (χ1v) is 4.70. The SMILES string of the molecule is CC(CC(=O)O)C(=O)N1CCC(F)(F)C1. The molecule has 0 saturated carbocycles. The van der Waals surface area contributed by atoms with Gasteiger partial charge in [-0.3, -0.25) is 9.59 Å². The van der Waals surface area contributed by atoms with Crippen LogP contribution in [0.1, 0.15) is 19.8 Å². The molecule has 0 bridgehead atoms. The van der Waals surface area contributed by atoms with Gasteiger partial charge in [0.05, 0.1) is 13.0 Å². The Morgan fingerprint density at radius 3 is 2.53 bits per heavy atom. The molecule has 1 aliphatic rings. The van der Waals surface area contributed by atoms with E-state index in [2.05, 4.69) is 0 Å². The highest BCUT2D eigenvalue weighted by molar-refractivity contribution is 5.83. The Morgan fingerprint density at radius 2 is 2.13 bits per heavy atom. The predicted octanol–water partition coefficient (Wildman–Crippen LogP) is 0.965. The van der Waals surface area contributed by atoms with Crippen molar-refractivity contribution >= 4 is 11.9 Å². The van der Waals surface area contributed by atoms with Crippen molar-refractivity contribution in [1.29, 1.82) is 0 Å². The van der Waals surface area contributed by atoms with Gasteiger partial charge in [-0.15, -0.1) is 0 Å². The van der Waals surface area contributed by atoms with Crippen LogP contribution in [0.15, 0.2) is 0 Å². The number of carbonyl (C=O) groups excluding carboxylic acids is 1. The molecule has 0 aliphatic carbocycles. The van der Waals surface area contributed by atoms with E-state index in [0.717, 1.165) is 4.90 Å². The largest absolute Gasteiger partial charge is 0.481 e. The third-order valence-corrected chi connectivity index (χ3v) is 2.38. The number of halogens is 2. The van der Waals surface area contributed by atoms with Gasteiger partial charge >= 0.3 is 5.97 Å². The van der Waals surface area contributed by atoms with Crippen molar-refractivity contribution in [3.05, 3.63) is 0 Å². The standard InChI is InChI=1S/C9H13F2NO3/c1-6(4-7(13)14)8(15)12-3-2-9(10,11)5-12/h6H,2-5H2,1H3,(H,13,14). The fourth-order valence-corrected chi connectivity index (χ4v) is 1.58. The Bertz CT molecular complexity index is 281. The van der Waals surface area contributed by atoms with E-state index in [9.17, 15) is 18.4 Å². The number of amides is 1. The van der Waals surface area contributed by atoms with Gasteiger partial charge in [0.15, 0.2) is 0 Å². The molecule has 6 heteroatoms. The molecule has 4 nitrogen and oxygen atoms in total. The molecule has 0 aromatic carbocycles. The minimum absolute atomic E-state index is 0.00971. The molecule has 1 amide bonds. The summed E-state index contributed by atoms with van der Waals surface area (Å²) in [6.07, 6.45) is -0.653. The Morgan fingerprint density at radius 1 is 1.53 bits per heavy atom. The highest BCUT2D eigenvalue weighted by Gasteiger charge is 2.41. The number of alkyl halides is 2. The summed E-state index contributed by atoms with van der Waals surface area (Å²) in [5, 5.41) is 8.46. The van der Waals surface area contributed by atoms with Crippen molar-refractivity contribution in [1.82, 2.24) is 4.90 Å². The molecule has 1 fully saturated rings. The van der Waals surface area contributed by atoms with Gasteiger partial charge in [0.25, 0.3) is 5.92 Å². The average molecular weight is 221 g/mol. The third-order valence-electron chi connectivity index (χ3n) is 2.38. The maximum atomic E-state index is 12.8. The summed E-state index contributed by atoms with van der Waals surface area (Å²) < 4.78 is 25.5. The number of nitrogens with zero attached hydrogens (tertiary/aromatic N) is 1. The molecule has 0 radical (unpaired) electrons. The van der Waals surface area contributed by atoms with Crippen molar-refractivity contribution in [3.8, 4) is 0 Å². The highest BCUT2D eigenvalue weighted by Crippen LogP contribution is 2.28. The van der Waals surface area contributed by atoms with E-state index in [1.54, 1.807) is 0 Å². The van der Waals surface area contributed by atoms with Crippen molar-refractivity contribution in [2.75, 3.05) is 13.1 Å². The van der Waals surface area contributed by atoms with E-state index >= 15 is 0 Å². The number of carboxylic acids is 1. The predicted molar refractivity (Wildman–Crippen MR) is 47.6 cm³/mol. The van der Waals surface area contributed by atoms with Gasteiger partial charge in [-0.25, -0.2) is 8.78 Å². The van der Waals surface area contributed by atoms with Crippen LogP contribution in [0.3, 0.4) is 0 Å². The molecule has 1 aliphatic heterocycles. The lowest BCUT2D eigenvalue weighted by atomic mass is 10.1. The van der Waals surface area contributed by atoms with Crippen LogP contribution in [0.2, 0.25) is 0 Å². The van der Waals surface area contributed by atoms with Crippen LogP contribution in [0.25, 0.3) is 0 Å². The highest BCUT2D eigenvalue weighted by atomic mass is 19.3. The number of carboxylic acid groups (broad SMARTS) is 1. The molecule has 1 unspecified atom stereocenters. The monoisotopic (exact) mass is 221 g/mol. The van der Waals surface area contributed by atoms with Crippen LogP contribution in [-0.4, -0.2) is 40.9 Å². The van der Waals surface area contributed by atoms with Crippen LogP contribution in [0, 0.1) is 5.92 Å². The molecule has 0 aromatic rings. The quantitative estimate of drug-likeness (QED) is 0.772. The summed E-state index contributed by atoms with van der Waals surface area (Å²) in [4.78, 5) is 22.9. The minimum atomic E-state index is -2.82. The van der Waals surface area contributed by atoms with Crippen molar-refractivity contribution < 1.29 is 23.5 Å². The summed E-state index contributed by atoms with van der Waals surface area (Å²) in [5.41, 5.74) is 0. The van der Waals surface area contributed by atoms with E-state index in [1.165, 1.54) is 6.92 Å². The molecule has 1 saturated heterocycles. The maximum Gasteiger partial charge on any atom is 0.304 e. The first-order valence-electron chi connectivity index (χ1n) is 4.70. The minimum Gasteiger partial charge on any atom is -0.481 e. The molecule has 86 valence electrons. The Labute approximate surface area is 85.9 Å². The lowest BCUT2D eigenvalue weighted by Crippen LogP contribution is -2.35. The summed E-state index contributed by atoms with van der Waals surface area (Å²) in [6, 6.07) is 0. The number of carbonyl (C=O) groups is 2. The van der Waals surface area contributed by atoms with Gasteiger partial charge in [0.2, 0.25) is 5.91 Å². The normalized spacial score (nSPS) is 21.4. The van der Waals surface area contributed by atoms with Crippen LogP contribution >= 0.6 is 0 Å². The van der Waals surface area contributed by atoms with Crippen LogP contribution in [-0.2, 0) is 9.59 Å². The second-order valence-electron chi connectivity index (χ2n) is 3.86. The van der Waals surface area contributed by atoms with Crippen molar-refractivity contribution in [2.24, 2.45) is 5.92 Å². The number of hydrogen-bond donors (Lipinski definition) is 1. The van der Waals surface area contributed by atoms with Gasteiger partial charge in [-0.1, -0.05) is 6.92 Å². The summed E-state index contributed by atoms with van der Waals surface area (Å²) >= 11 is 0. The van der Waals surface area contributed by atoms with E-state index in [-0.39, 0.29) is 19.4 Å². The molecule has 1 atom stereocenters. The number of hydrogen-bond acceptors (Lipinski definition) is 2. The fourth-order valence-electron chi connectivity index (χ4n) is 1.58. The Kier molecular flexibility index (Phi) is 3.26. The number of aliphatic carboxylic acids is 1. The summed E-state index contributed by atoms with van der Waals surface area (Å²) in [6.45, 7) is 0.860. The second-order valence-corrected chi connectivity index (χ2v) is 3.86. The smallest absolute Gasteiger partial charge is 0.304 e. The van der Waals surface area contributed by atoms with Crippen molar-refractivity contribution in [2.45, 2.75) is 25.7 Å². The summed E-state index contributed by atoms with van der Waals surface area (Å²) in [7, 11) is 0. The van der Waals surface area contributed by atoms with Crippen LogP contribution < -0.4 is 0 Å². The molecule has 15 heavy (non-hydrogen) atoms. The van der Waals surface area contributed by atoms with E-state index in [1.807, 2.05) is 0 Å². The molecule has 1 heterocycles. The van der Waals surface area contributed by atoms with Crippen LogP contribution in [0.5, 0.6) is 0 Å². The molecule has 1 N–H and O–H groups in total. The molecule has 0 aromatic heterocycles. The lowest BCUT2D eigenvalue weighted by Gasteiger charge is -2.19. The topological polar surface area (TPSA) is 57.6 Å². The molecular weight excluding hydrogens is 208 g/mol. The molecule has 0 spiro atoms. The van der Waals surface area contributed by atoms with E-state index in [4.69, 9.17) is 5.11 Å². The van der Waals surface area contributed by atoms with Crippen molar-refractivity contribution in [3.63, 3.8) is 0 Å². The zero-order valence-electron chi connectivity index (χ0n) is 8.37. The maximum absolute atomic E-state index is 12.8.